The molecule has 1 aromatic heterocycles. The molecule has 6 heteroatoms. The molecule has 106 valence electrons. The van der Waals surface area contributed by atoms with E-state index in [2.05, 4.69) is 53.1 Å². The maximum atomic E-state index is 12.5. The Morgan fingerprint density at radius 3 is 2.35 bits per heavy atom. The predicted octanol–water partition coefficient (Wildman–Crippen LogP) is 5.61. The first-order valence-electron chi connectivity index (χ1n) is 6.03. The highest BCUT2D eigenvalue weighted by molar-refractivity contribution is 9.11. The molecule has 0 aliphatic heterocycles. The fraction of sp³-hybridized carbons (Fsp3) is 0.214. The Morgan fingerprint density at radius 2 is 1.80 bits per heavy atom. The van der Waals surface area contributed by atoms with E-state index in [4.69, 9.17) is 0 Å². The van der Waals surface area contributed by atoms with E-state index in [1.165, 1.54) is 0 Å². The average Bonchev–Trinajstić information content (AvgIpc) is 2.76. The third-order valence-corrected chi connectivity index (χ3v) is 4.56. The van der Waals surface area contributed by atoms with Gasteiger partial charge in [-0.15, -0.1) is 0 Å². The molecular weight excluding hydrogens is 452 g/mol. The van der Waals surface area contributed by atoms with E-state index < -0.39 is 0 Å². The number of nitrogens with zero attached hydrogens (tertiary/aromatic N) is 1. The lowest BCUT2D eigenvalue weighted by molar-refractivity contribution is 0.101. The van der Waals surface area contributed by atoms with Gasteiger partial charge < -0.3 is 9.88 Å². The second kappa shape index (κ2) is 6.45. The quantitative estimate of drug-likeness (QED) is 0.629. The molecule has 1 aromatic carbocycles. The highest BCUT2D eigenvalue weighted by atomic mass is 79.9. The number of carbonyl (C=O) groups is 1. The van der Waals surface area contributed by atoms with E-state index in [-0.39, 0.29) is 11.9 Å². The van der Waals surface area contributed by atoms with Crippen LogP contribution in [0.2, 0.25) is 0 Å². The van der Waals surface area contributed by atoms with Crippen LogP contribution in [0.5, 0.6) is 0 Å². The summed E-state index contributed by atoms with van der Waals surface area (Å²) in [5.41, 5.74) is 1.35. The van der Waals surface area contributed by atoms with Crippen LogP contribution < -0.4 is 5.32 Å². The molecule has 3 nitrogen and oxygen atoms in total. The van der Waals surface area contributed by atoms with Crippen LogP contribution in [-0.2, 0) is 0 Å². The Hall–Kier alpha value is -0.590. The van der Waals surface area contributed by atoms with Crippen LogP contribution in [0, 0.1) is 0 Å². The van der Waals surface area contributed by atoms with Gasteiger partial charge in [-0.1, -0.05) is 6.07 Å². The Bertz CT molecular complexity index is 630. The molecule has 20 heavy (non-hydrogen) atoms. The van der Waals surface area contributed by atoms with Crippen LogP contribution in [-0.4, -0.2) is 10.5 Å². The zero-order valence-electron chi connectivity index (χ0n) is 11.0. The molecular formula is C14H13Br3N2O. The summed E-state index contributed by atoms with van der Waals surface area (Å²) in [5.74, 6) is -0.142. The molecule has 1 N–H and O–H groups in total. The number of hydrogen-bond acceptors (Lipinski definition) is 1. The zero-order chi connectivity index (χ0) is 14.9. The number of amides is 1. The summed E-state index contributed by atoms with van der Waals surface area (Å²) < 4.78 is 4.50. The SMILES string of the molecule is CC(C)n1cc(Br)cc1C(=O)Nc1c(Br)cccc1Br. The van der Waals surface area contributed by atoms with Gasteiger partial charge in [0.25, 0.3) is 5.91 Å². The van der Waals surface area contributed by atoms with Gasteiger partial charge in [-0.2, -0.15) is 0 Å². The standard InChI is InChI=1S/C14H13Br3N2O/c1-8(2)19-7-9(15)6-12(19)14(20)18-13-10(16)4-3-5-11(13)17/h3-8H,1-2H3,(H,18,20). The fourth-order valence-corrected chi connectivity index (χ4v) is 3.48. The molecule has 0 saturated carbocycles. The van der Waals surface area contributed by atoms with Crippen molar-refractivity contribution in [1.29, 1.82) is 0 Å². The Kier molecular flexibility index (Phi) is 5.09. The maximum absolute atomic E-state index is 12.5. The lowest BCUT2D eigenvalue weighted by Gasteiger charge is -2.14. The number of nitrogens with one attached hydrogen (secondary N) is 1. The minimum Gasteiger partial charge on any atom is -0.340 e. The van der Waals surface area contributed by atoms with Gasteiger partial charge in [-0.3, -0.25) is 4.79 Å². The Labute approximate surface area is 143 Å². The summed E-state index contributed by atoms with van der Waals surface area (Å²) in [4.78, 5) is 12.5. The van der Waals surface area contributed by atoms with Gasteiger partial charge in [0.15, 0.2) is 0 Å². The van der Waals surface area contributed by atoms with Crippen LogP contribution in [0.25, 0.3) is 0 Å². The number of hydrogen-bond donors (Lipinski definition) is 1. The second-order valence-corrected chi connectivity index (χ2v) is 7.22. The third-order valence-electron chi connectivity index (χ3n) is 2.81. The van der Waals surface area contributed by atoms with E-state index in [9.17, 15) is 4.79 Å². The van der Waals surface area contributed by atoms with Crippen molar-refractivity contribution in [3.8, 4) is 0 Å². The largest absolute Gasteiger partial charge is 0.340 e. The van der Waals surface area contributed by atoms with Gasteiger partial charge >= 0.3 is 0 Å². The van der Waals surface area contributed by atoms with Crippen molar-refractivity contribution >= 4 is 59.4 Å². The lowest BCUT2D eigenvalue weighted by atomic mass is 10.3. The van der Waals surface area contributed by atoms with Crippen LogP contribution in [0.1, 0.15) is 30.4 Å². The molecule has 0 aliphatic rings. The van der Waals surface area contributed by atoms with Crippen LogP contribution >= 0.6 is 47.8 Å². The number of para-hydroxylation sites is 1. The molecule has 0 atom stereocenters. The molecule has 0 unspecified atom stereocenters. The highest BCUT2D eigenvalue weighted by Gasteiger charge is 2.17. The Morgan fingerprint density at radius 1 is 1.20 bits per heavy atom. The molecule has 2 rings (SSSR count). The van der Waals surface area contributed by atoms with Crippen molar-refractivity contribution in [2.75, 3.05) is 5.32 Å². The second-order valence-electron chi connectivity index (χ2n) is 4.60. The first kappa shape index (κ1) is 15.8. The molecule has 0 radical (unpaired) electrons. The van der Waals surface area contributed by atoms with Crippen LogP contribution in [0.15, 0.2) is 43.9 Å². The number of halogens is 3. The van der Waals surface area contributed by atoms with Crippen molar-refractivity contribution < 1.29 is 4.79 Å². The average molecular weight is 465 g/mol. The summed E-state index contributed by atoms with van der Waals surface area (Å²) >= 11 is 10.3. The lowest BCUT2D eigenvalue weighted by Crippen LogP contribution is -2.18. The maximum Gasteiger partial charge on any atom is 0.272 e. The van der Waals surface area contributed by atoms with E-state index in [1.54, 1.807) is 0 Å². The van der Waals surface area contributed by atoms with Gasteiger partial charge in [0, 0.05) is 25.7 Å². The number of anilines is 1. The van der Waals surface area contributed by atoms with Crippen molar-refractivity contribution in [3.05, 3.63) is 49.6 Å². The molecule has 0 bridgehead atoms. The number of rotatable bonds is 3. The third kappa shape index (κ3) is 3.35. The Balaban J connectivity index is 2.34. The number of benzene rings is 1. The van der Waals surface area contributed by atoms with E-state index in [0.717, 1.165) is 19.1 Å². The summed E-state index contributed by atoms with van der Waals surface area (Å²) in [6.45, 7) is 4.08. The predicted molar refractivity (Wildman–Crippen MR) is 92.3 cm³/mol. The fourth-order valence-electron chi connectivity index (χ4n) is 1.85. The minimum atomic E-state index is -0.142. The molecule has 0 spiro atoms. The zero-order valence-corrected chi connectivity index (χ0v) is 15.7. The number of carbonyl (C=O) groups excluding carboxylic acids is 1. The van der Waals surface area contributed by atoms with E-state index >= 15 is 0 Å². The summed E-state index contributed by atoms with van der Waals surface area (Å²) in [6, 6.07) is 7.71. The van der Waals surface area contributed by atoms with Crippen LogP contribution in [0.4, 0.5) is 5.69 Å². The molecule has 1 heterocycles. The van der Waals surface area contributed by atoms with E-state index in [0.29, 0.717) is 5.69 Å². The molecule has 0 fully saturated rings. The van der Waals surface area contributed by atoms with E-state index in [1.807, 2.05) is 48.9 Å². The van der Waals surface area contributed by atoms with Crippen molar-refractivity contribution in [1.82, 2.24) is 4.57 Å². The van der Waals surface area contributed by atoms with Gasteiger partial charge in [0.2, 0.25) is 0 Å². The van der Waals surface area contributed by atoms with Gasteiger partial charge in [0.05, 0.1) is 5.69 Å². The first-order valence-corrected chi connectivity index (χ1v) is 8.40. The number of aromatic nitrogens is 1. The van der Waals surface area contributed by atoms with Gasteiger partial charge in [-0.05, 0) is 79.8 Å². The monoisotopic (exact) mass is 462 g/mol. The molecule has 1 amide bonds. The summed E-state index contributed by atoms with van der Waals surface area (Å²) in [6.07, 6.45) is 1.91. The molecule has 0 aliphatic carbocycles. The first-order chi connectivity index (χ1) is 9.40. The minimum absolute atomic E-state index is 0.142. The topological polar surface area (TPSA) is 34.0 Å². The normalized spacial score (nSPS) is 10.9. The van der Waals surface area contributed by atoms with Crippen molar-refractivity contribution in [2.45, 2.75) is 19.9 Å². The molecule has 0 saturated heterocycles. The van der Waals surface area contributed by atoms with Crippen molar-refractivity contribution in [2.24, 2.45) is 0 Å². The summed E-state index contributed by atoms with van der Waals surface area (Å²) in [5, 5.41) is 2.93. The van der Waals surface area contributed by atoms with Crippen LogP contribution in [0.3, 0.4) is 0 Å². The smallest absolute Gasteiger partial charge is 0.272 e. The summed E-state index contributed by atoms with van der Waals surface area (Å²) in [7, 11) is 0. The highest BCUT2D eigenvalue weighted by Crippen LogP contribution is 2.31. The van der Waals surface area contributed by atoms with Gasteiger partial charge in [0.1, 0.15) is 5.69 Å². The van der Waals surface area contributed by atoms with Gasteiger partial charge in [-0.25, -0.2) is 0 Å². The van der Waals surface area contributed by atoms with Crippen molar-refractivity contribution in [3.63, 3.8) is 0 Å². The molecule has 2 aromatic rings.